The number of hydrogen-bond donors (Lipinski definition) is 1. The van der Waals surface area contributed by atoms with Gasteiger partial charge in [0, 0.05) is 31.1 Å². The summed E-state index contributed by atoms with van der Waals surface area (Å²) < 4.78 is 5.51. The average molecular weight is 278 g/mol. The number of aliphatic hydroxyl groups is 1. The van der Waals surface area contributed by atoms with Gasteiger partial charge in [-0.05, 0) is 32.1 Å². The number of rotatable bonds is 5. The van der Waals surface area contributed by atoms with E-state index in [0.29, 0.717) is 6.04 Å². The van der Waals surface area contributed by atoms with Crippen LogP contribution in [0.4, 0.5) is 0 Å². The van der Waals surface area contributed by atoms with Gasteiger partial charge in [-0.1, -0.05) is 24.4 Å². The minimum Gasteiger partial charge on any atom is -0.395 e. The van der Waals surface area contributed by atoms with Crippen molar-refractivity contribution in [3.63, 3.8) is 0 Å². The molecule has 1 aromatic rings. The molecule has 0 atom stereocenters. The van der Waals surface area contributed by atoms with Crippen LogP contribution in [0.2, 0.25) is 0 Å². The Morgan fingerprint density at radius 1 is 1.10 bits per heavy atom. The van der Waals surface area contributed by atoms with Crippen molar-refractivity contribution < 1.29 is 9.63 Å². The van der Waals surface area contributed by atoms with Crippen LogP contribution in [0.3, 0.4) is 0 Å². The Bertz CT molecular complexity index is 424. The number of fused-ring (bicyclic) bond motifs is 1. The first kappa shape index (κ1) is 14.1. The van der Waals surface area contributed by atoms with Gasteiger partial charge in [0.05, 0.1) is 6.61 Å². The highest BCUT2D eigenvalue weighted by Gasteiger charge is 2.25. The third-order valence-corrected chi connectivity index (χ3v) is 4.86. The second kappa shape index (κ2) is 6.72. The molecule has 1 heterocycles. The fourth-order valence-corrected chi connectivity index (χ4v) is 3.73. The van der Waals surface area contributed by atoms with Crippen LogP contribution in [0.15, 0.2) is 4.52 Å². The van der Waals surface area contributed by atoms with Gasteiger partial charge in [-0.15, -0.1) is 0 Å². The second-order valence-electron chi connectivity index (χ2n) is 6.22. The van der Waals surface area contributed by atoms with Gasteiger partial charge in [0.1, 0.15) is 11.5 Å². The van der Waals surface area contributed by atoms with E-state index in [1.54, 1.807) is 0 Å². The molecule has 4 heteroatoms. The normalized spacial score (nSPS) is 20.3. The number of nitrogens with zero attached hydrogens (tertiary/aromatic N) is 2. The molecule has 0 unspecified atom stereocenters. The first-order valence-corrected chi connectivity index (χ1v) is 8.19. The summed E-state index contributed by atoms with van der Waals surface area (Å²) >= 11 is 0. The van der Waals surface area contributed by atoms with Gasteiger partial charge in [-0.25, -0.2) is 0 Å². The lowest BCUT2D eigenvalue weighted by molar-refractivity contribution is 0.114. The zero-order chi connectivity index (χ0) is 13.8. The molecule has 4 nitrogen and oxygen atoms in total. The van der Waals surface area contributed by atoms with Gasteiger partial charge in [-0.3, -0.25) is 4.90 Å². The van der Waals surface area contributed by atoms with Crippen LogP contribution in [-0.4, -0.2) is 34.4 Å². The van der Waals surface area contributed by atoms with Crippen LogP contribution >= 0.6 is 0 Å². The Balaban J connectivity index is 1.70. The molecule has 0 bridgehead atoms. The smallest absolute Gasteiger partial charge is 0.140 e. The zero-order valence-corrected chi connectivity index (χ0v) is 12.3. The van der Waals surface area contributed by atoms with Crippen LogP contribution in [0.25, 0.3) is 0 Å². The molecule has 1 saturated carbocycles. The standard InChI is InChI=1S/C16H26N2O2/c19-11-10-18(13-6-2-1-3-7-13)12-15-14-8-4-5-9-16(14)20-17-15/h13,19H,1-12H2. The highest BCUT2D eigenvalue weighted by Crippen LogP contribution is 2.28. The van der Waals surface area contributed by atoms with Crippen LogP contribution in [0, 0.1) is 0 Å². The van der Waals surface area contributed by atoms with E-state index in [-0.39, 0.29) is 6.61 Å². The molecule has 1 aromatic heterocycles. The Kier molecular flexibility index (Phi) is 4.73. The number of aromatic nitrogens is 1. The maximum Gasteiger partial charge on any atom is 0.140 e. The van der Waals surface area contributed by atoms with Crippen molar-refractivity contribution in [1.29, 1.82) is 0 Å². The van der Waals surface area contributed by atoms with Gasteiger partial charge in [0.15, 0.2) is 0 Å². The van der Waals surface area contributed by atoms with Gasteiger partial charge in [0.2, 0.25) is 0 Å². The first-order valence-electron chi connectivity index (χ1n) is 8.19. The highest BCUT2D eigenvalue weighted by atomic mass is 16.5. The van der Waals surface area contributed by atoms with E-state index in [9.17, 15) is 5.11 Å². The summed E-state index contributed by atoms with van der Waals surface area (Å²) in [6, 6.07) is 0.617. The fraction of sp³-hybridized carbons (Fsp3) is 0.812. The molecule has 112 valence electrons. The van der Waals surface area contributed by atoms with E-state index in [0.717, 1.165) is 37.4 Å². The van der Waals surface area contributed by atoms with E-state index in [1.807, 2.05) is 0 Å². The van der Waals surface area contributed by atoms with Crippen molar-refractivity contribution in [3.8, 4) is 0 Å². The predicted octanol–water partition coefficient (Wildman–Crippen LogP) is 2.68. The highest BCUT2D eigenvalue weighted by molar-refractivity contribution is 5.25. The molecule has 0 aliphatic heterocycles. The minimum absolute atomic E-state index is 0.233. The first-order chi connectivity index (χ1) is 9.88. The summed E-state index contributed by atoms with van der Waals surface area (Å²) in [7, 11) is 0. The maximum absolute atomic E-state index is 9.35. The van der Waals surface area contributed by atoms with Gasteiger partial charge in [-0.2, -0.15) is 0 Å². The molecular weight excluding hydrogens is 252 g/mol. The molecule has 2 aliphatic rings. The summed E-state index contributed by atoms with van der Waals surface area (Å²) in [6.07, 6.45) is 11.2. The molecule has 1 N–H and O–H groups in total. The van der Waals surface area contributed by atoms with E-state index in [1.165, 1.54) is 50.5 Å². The maximum atomic E-state index is 9.35. The largest absolute Gasteiger partial charge is 0.395 e. The van der Waals surface area contributed by atoms with E-state index < -0.39 is 0 Å². The Morgan fingerprint density at radius 2 is 1.90 bits per heavy atom. The number of aryl methyl sites for hydroxylation is 1. The van der Waals surface area contributed by atoms with Crippen LogP contribution in [0.1, 0.15) is 62.0 Å². The van der Waals surface area contributed by atoms with Crippen molar-refractivity contribution in [3.05, 3.63) is 17.0 Å². The molecule has 0 saturated heterocycles. The van der Waals surface area contributed by atoms with Crippen molar-refractivity contribution in [2.75, 3.05) is 13.2 Å². The minimum atomic E-state index is 0.233. The Hall–Kier alpha value is -0.870. The van der Waals surface area contributed by atoms with Crippen molar-refractivity contribution >= 4 is 0 Å². The molecule has 0 spiro atoms. The SMILES string of the molecule is OCCN(Cc1noc2c1CCCC2)C1CCCCC1. The van der Waals surface area contributed by atoms with Crippen molar-refractivity contribution in [2.24, 2.45) is 0 Å². The summed E-state index contributed by atoms with van der Waals surface area (Å²) in [4.78, 5) is 2.42. The molecular formula is C16H26N2O2. The molecule has 3 rings (SSSR count). The fourth-order valence-electron chi connectivity index (χ4n) is 3.73. The molecule has 1 fully saturated rings. The quantitative estimate of drug-likeness (QED) is 0.899. The molecule has 0 radical (unpaired) electrons. The summed E-state index contributed by atoms with van der Waals surface area (Å²) in [5.41, 5.74) is 2.48. The van der Waals surface area contributed by atoms with E-state index in [2.05, 4.69) is 10.1 Å². The third-order valence-electron chi connectivity index (χ3n) is 4.86. The van der Waals surface area contributed by atoms with Gasteiger partial charge in [0.25, 0.3) is 0 Å². The summed E-state index contributed by atoms with van der Waals surface area (Å²) in [5, 5.41) is 13.7. The Morgan fingerprint density at radius 3 is 2.70 bits per heavy atom. The second-order valence-corrected chi connectivity index (χ2v) is 6.22. The topological polar surface area (TPSA) is 49.5 Å². The van der Waals surface area contributed by atoms with Crippen LogP contribution < -0.4 is 0 Å². The van der Waals surface area contributed by atoms with Crippen LogP contribution in [0.5, 0.6) is 0 Å². The van der Waals surface area contributed by atoms with Crippen molar-refractivity contribution in [2.45, 2.75) is 70.4 Å². The molecule has 20 heavy (non-hydrogen) atoms. The van der Waals surface area contributed by atoms with Gasteiger partial charge < -0.3 is 9.63 Å². The third kappa shape index (κ3) is 3.07. The summed E-state index contributed by atoms with van der Waals surface area (Å²) in [6.45, 7) is 1.84. The monoisotopic (exact) mass is 278 g/mol. The van der Waals surface area contributed by atoms with Crippen molar-refractivity contribution in [1.82, 2.24) is 10.1 Å². The average Bonchev–Trinajstić information content (AvgIpc) is 2.91. The lowest BCUT2D eigenvalue weighted by Gasteiger charge is -2.33. The van der Waals surface area contributed by atoms with Crippen LogP contribution in [-0.2, 0) is 19.4 Å². The van der Waals surface area contributed by atoms with Gasteiger partial charge >= 0.3 is 0 Å². The number of aliphatic hydroxyl groups excluding tert-OH is 1. The zero-order valence-electron chi connectivity index (χ0n) is 12.3. The van der Waals surface area contributed by atoms with E-state index in [4.69, 9.17) is 4.52 Å². The predicted molar refractivity (Wildman–Crippen MR) is 77.5 cm³/mol. The molecule has 2 aliphatic carbocycles. The lowest BCUT2D eigenvalue weighted by Crippen LogP contribution is -2.38. The molecule has 0 aromatic carbocycles. The summed E-state index contributed by atoms with van der Waals surface area (Å²) in [5.74, 6) is 1.11. The number of hydrogen-bond acceptors (Lipinski definition) is 4. The Labute approximate surface area is 121 Å². The van der Waals surface area contributed by atoms with E-state index >= 15 is 0 Å². The lowest BCUT2D eigenvalue weighted by atomic mass is 9.93. The molecule has 0 amide bonds.